The number of nitrogens with zero attached hydrogens (tertiary/aromatic N) is 1. The Balaban J connectivity index is 0.000000277. The molecule has 0 unspecified atom stereocenters. The van der Waals surface area contributed by atoms with Gasteiger partial charge in [0.1, 0.15) is 11.4 Å². The van der Waals surface area contributed by atoms with E-state index < -0.39 is 0 Å². The number of amides is 1. The van der Waals surface area contributed by atoms with Crippen LogP contribution in [-0.4, -0.2) is 49.1 Å². The molecule has 0 bridgehead atoms. The third-order valence-electron chi connectivity index (χ3n) is 4.08. The zero-order valence-corrected chi connectivity index (χ0v) is 15.2. The van der Waals surface area contributed by atoms with Gasteiger partial charge < -0.3 is 15.0 Å². The van der Waals surface area contributed by atoms with Gasteiger partial charge in [-0.25, -0.2) is 4.39 Å². The van der Waals surface area contributed by atoms with Crippen LogP contribution in [-0.2, 0) is 9.53 Å². The number of carbonyl (C=O) groups is 2. The van der Waals surface area contributed by atoms with Crippen molar-refractivity contribution in [2.45, 2.75) is 45.1 Å². The lowest BCUT2D eigenvalue weighted by Crippen LogP contribution is -2.46. The van der Waals surface area contributed by atoms with E-state index in [-0.39, 0.29) is 22.9 Å². The van der Waals surface area contributed by atoms with Crippen LogP contribution < -0.4 is 5.32 Å². The van der Waals surface area contributed by atoms with Gasteiger partial charge in [-0.05, 0) is 51.2 Å². The molecule has 25 heavy (non-hydrogen) atoms. The molecule has 1 aliphatic carbocycles. The van der Waals surface area contributed by atoms with Crippen LogP contribution in [0.4, 0.5) is 4.39 Å². The number of rotatable bonds is 3. The van der Waals surface area contributed by atoms with Gasteiger partial charge >= 0.3 is 0 Å². The molecule has 1 aromatic rings. The Morgan fingerprint density at radius 3 is 2.40 bits per heavy atom. The first-order chi connectivity index (χ1) is 11.8. The van der Waals surface area contributed by atoms with Crippen molar-refractivity contribution in [3.63, 3.8) is 0 Å². The highest BCUT2D eigenvalue weighted by Gasteiger charge is 2.29. The molecule has 5 nitrogen and oxygen atoms in total. The van der Waals surface area contributed by atoms with Gasteiger partial charge in [0.2, 0.25) is 0 Å². The van der Waals surface area contributed by atoms with E-state index in [9.17, 15) is 14.0 Å². The smallest absolute Gasteiger partial charge is 0.293 e. The number of ether oxygens (including phenoxy) is 1. The van der Waals surface area contributed by atoms with E-state index in [0.29, 0.717) is 25.5 Å². The molecule has 1 saturated carbocycles. The van der Waals surface area contributed by atoms with Crippen molar-refractivity contribution in [2.75, 3.05) is 26.2 Å². The van der Waals surface area contributed by atoms with Crippen LogP contribution in [0.25, 0.3) is 0 Å². The van der Waals surface area contributed by atoms with Crippen molar-refractivity contribution in [3.8, 4) is 0 Å². The first kappa shape index (κ1) is 19.4. The number of piperazine rings is 1. The van der Waals surface area contributed by atoms with E-state index in [1.807, 2.05) is 26.8 Å². The van der Waals surface area contributed by atoms with Gasteiger partial charge in [-0.1, -0.05) is 12.1 Å². The van der Waals surface area contributed by atoms with Crippen LogP contribution in [0.15, 0.2) is 18.2 Å². The summed E-state index contributed by atoms with van der Waals surface area (Å²) in [7, 11) is 0. The van der Waals surface area contributed by atoms with Gasteiger partial charge in [0, 0.05) is 26.2 Å². The van der Waals surface area contributed by atoms with Crippen molar-refractivity contribution in [3.05, 3.63) is 35.1 Å². The minimum Gasteiger partial charge on any atom is -0.462 e. The molecular formula is C19H27FN2O3. The van der Waals surface area contributed by atoms with Gasteiger partial charge in [0.05, 0.1) is 5.56 Å². The Morgan fingerprint density at radius 2 is 1.92 bits per heavy atom. The second-order valence-corrected chi connectivity index (χ2v) is 7.35. The van der Waals surface area contributed by atoms with Gasteiger partial charge in [0.25, 0.3) is 12.4 Å². The molecule has 1 saturated heterocycles. The Labute approximate surface area is 148 Å². The van der Waals surface area contributed by atoms with Crippen molar-refractivity contribution in [1.29, 1.82) is 0 Å². The SMILES string of the molecule is CC(C)(C)OC=O.O=C(c1cccc(C2CC2)c1F)N1CCNCC1. The molecule has 1 aliphatic heterocycles. The topological polar surface area (TPSA) is 58.6 Å². The van der Waals surface area contributed by atoms with Crippen molar-refractivity contribution >= 4 is 12.4 Å². The maximum atomic E-state index is 14.3. The standard InChI is InChI=1S/C14H17FN2O.C5H10O2/c15-13-11(10-4-5-10)2-1-3-12(13)14(18)17-8-6-16-7-9-17;1-5(2,3)7-4-6/h1-3,10,16H,4-9H2;4H,1-3H3. The third kappa shape index (κ3) is 5.81. The highest BCUT2D eigenvalue weighted by Crippen LogP contribution is 2.41. The summed E-state index contributed by atoms with van der Waals surface area (Å²) in [5.41, 5.74) is 0.638. The number of hydrogen-bond donors (Lipinski definition) is 1. The Morgan fingerprint density at radius 1 is 1.28 bits per heavy atom. The van der Waals surface area contributed by atoms with E-state index in [2.05, 4.69) is 10.1 Å². The lowest BCUT2D eigenvalue weighted by atomic mass is 10.0. The predicted molar refractivity (Wildman–Crippen MR) is 94.1 cm³/mol. The molecule has 3 rings (SSSR count). The van der Waals surface area contributed by atoms with Crippen molar-refractivity contribution < 1.29 is 18.7 Å². The molecule has 1 amide bonds. The second-order valence-electron chi connectivity index (χ2n) is 7.35. The largest absolute Gasteiger partial charge is 0.462 e. The van der Waals surface area contributed by atoms with E-state index in [1.165, 1.54) is 0 Å². The summed E-state index contributed by atoms with van der Waals surface area (Å²) in [6.07, 6.45) is 2.09. The maximum absolute atomic E-state index is 14.3. The first-order valence-corrected chi connectivity index (χ1v) is 8.73. The summed E-state index contributed by atoms with van der Waals surface area (Å²) in [4.78, 5) is 23.6. The predicted octanol–water partition coefficient (Wildman–Crippen LogP) is 2.71. The summed E-state index contributed by atoms with van der Waals surface area (Å²) in [6.45, 7) is 8.81. The number of carbonyl (C=O) groups excluding carboxylic acids is 2. The van der Waals surface area contributed by atoms with Crippen molar-refractivity contribution in [1.82, 2.24) is 10.2 Å². The zero-order valence-electron chi connectivity index (χ0n) is 15.2. The zero-order chi connectivity index (χ0) is 18.4. The lowest BCUT2D eigenvalue weighted by molar-refractivity contribution is -0.138. The number of benzene rings is 1. The number of halogens is 1. The van der Waals surface area contributed by atoms with Crippen LogP contribution in [0.5, 0.6) is 0 Å². The van der Waals surface area contributed by atoms with Crippen LogP contribution in [0.1, 0.15) is 55.5 Å². The molecule has 138 valence electrons. The highest BCUT2D eigenvalue weighted by atomic mass is 19.1. The average Bonchev–Trinajstić information content (AvgIpc) is 3.40. The number of nitrogens with one attached hydrogen (secondary N) is 1. The highest BCUT2D eigenvalue weighted by molar-refractivity contribution is 5.94. The Bertz CT molecular complexity index is 603. The van der Waals surface area contributed by atoms with Gasteiger partial charge in [-0.3, -0.25) is 9.59 Å². The monoisotopic (exact) mass is 350 g/mol. The van der Waals surface area contributed by atoms with Crippen LogP contribution in [0, 0.1) is 5.82 Å². The van der Waals surface area contributed by atoms with Crippen LogP contribution >= 0.6 is 0 Å². The normalized spacial score (nSPS) is 17.4. The van der Waals surface area contributed by atoms with Crippen LogP contribution in [0.2, 0.25) is 0 Å². The molecule has 0 atom stereocenters. The molecule has 1 heterocycles. The minimum absolute atomic E-state index is 0.170. The van der Waals surface area contributed by atoms with Crippen LogP contribution in [0.3, 0.4) is 0 Å². The second kappa shape index (κ2) is 8.43. The Hall–Kier alpha value is -1.95. The molecule has 0 radical (unpaired) electrons. The molecule has 6 heteroatoms. The summed E-state index contributed by atoms with van der Waals surface area (Å²) in [5, 5.41) is 3.19. The van der Waals surface area contributed by atoms with E-state index in [1.54, 1.807) is 17.0 Å². The molecule has 1 aromatic carbocycles. The van der Waals surface area contributed by atoms with Gasteiger partial charge in [-0.15, -0.1) is 0 Å². The fraction of sp³-hybridized carbons (Fsp3) is 0.579. The summed E-state index contributed by atoms with van der Waals surface area (Å²) < 4.78 is 18.9. The number of hydrogen-bond acceptors (Lipinski definition) is 4. The quantitative estimate of drug-likeness (QED) is 0.852. The molecule has 0 spiro atoms. The first-order valence-electron chi connectivity index (χ1n) is 8.73. The van der Waals surface area contributed by atoms with E-state index >= 15 is 0 Å². The molecule has 2 aliphatic rings. The molecule has 1 N–H and O–H groups in total. The Kier molecular flexibility index (Phi) is 6.53. The van der Waals surface area contributed by atoms with E-state index in [0.717, 1.165) is 31.5 Å². The minimum atomic E-state index is -0.318. The molecule has 0 aromatic heterocycles. The van der Waals surface area contributed by atoms with E-state index in [4.69, 9.17) is 0 Å². The fourth-order valence-electron chi connectivity index (χ4n) is 2.61. The maximum Gasteiger partial charge on any atom is 0.293 e. The average molecular weight is 350 g/mol. The third-order valence-corrected chi connectivity index (χ3v) is 4.08. The summed E-state index contributed by atoms with van der Waals surface area (Å²) >= 11 is 0. The fourth-order valence-corrected chi connectivity index (χ4v) is 2.61. The van der Waals surface area contributed by atoms with Gasteiger partial charge in [-0.2, -0.15) is 0 Å². The molecule has 2 fully saturated rings. The summed E-state index contributed by atoms with van der Waals surface area (Å²) in [5.74, 6) is -0.138. The van der Waals surface area contributed by atoms with Crippen molar-refractivity contribution in [2.24, 2.45) is 0 Å². The molecular weight excluding hydrogens is 323 g/mol. The summed E-state index contributed by atoms with van der Waals surface area (Å²) in [6, 6.07) is 5.21. The lowest BCUT2D eigenvalue weighted by Gasteiger charge is -2.27. The van der Waals surface area contributed by atoms with Gasteiger partial charge in [0.15, 0.2) is 0 Å².